The zero-order valence-electron chi connectivity index (χ0n) is 20.0. The van der Waals surface area contributed by atoms with Gasteiger partial charge in [-0.15, -0.1) is 0 Å². The summed E-state index contributed by atoms with van der Waals surface area (Å²) < 4.78 is 21.7. The average molecular weight is 486 g/mol. The van der Waals surface area contributed by atoms with Crippen LogP contribution in [0, 0.1) is 11.7 Å². The number of hydrogen-bond acceptors (Lipinski definition) is 4. The third kappa shape index (κ3) is 6.16. The predicted octanol–water partition coefficient (Wildman–Crippen LogP) is 6.21. The number of Topliss-reactive ketones (excluding diaryl/α,β-unsaturated/α-hetero) is 1. The molecule has 0 aliphatic carbocycles. The van der Waals surface area contributed by atoms with E-state index in [1.54, 1.807) is 12.1 Å². The minimum Gasteiger partial charge on any atom is -0.493 e. The molecule has 2 aromatic heterocycles. The Bertz CT molecular complexity index is 1140. The maximum Gasteiger partial charge on any atom is 0.141 e. The Hall–Kier alpha value is -2.44. The standard InChI is InChI=1S/C27H33ClFN3O2/c1-19(2)15-21(33)17-25-27(20-7-8-24(29)23(28)16-20)30-26-18-22(9-13-32(25)26)34-14-6-12-31-10-4-3-5-11-31/h7-9,13,16,18-19H,3-6,10-12,14-15,17H2,1-2H3. The van der Waals surface area contributed by atoms with Crippen molar-refractivity contribution < 1.29 is 13.9 Å². The third-order valence-electron chi connectivity index (χ3n) is 6.23. The van der Waals surface area contributed by atoms with Gasteiger partial charge in [-0.1, -0.05) is 31.9 Å². The molecule has 3 heterocycles. The molecule has 1 fully saturated rings. The molecule has 4 rings (SSSR count). The number of benzene rings is 1. The number of likely N-dealkylation sites (tertiary alicyclic amines) is 1. The second kappa shape index (κ2) is 11.3. The predicted molar refractivity (Wildman–Crippen MR) is 134 cm³/mol. The highest BCUT2D eigenvalue weighted by Gasteiger charge is 2.19. The molecule has 0 atom stereocenters. The van der Waals surface area contributed by atoms with E-state index in [2.05, 4.69) is 4.90 Å². The third-order valence-corrected chi connectivity index (χ3v) is 6.52. The van der Waals surface area contributed by atoms with Gasteiger partial charge >= 0.3 is 0 Å². The molecule has 182 valence electrons. The van der Waals surface area contributed by atoms with E-state index in [1.165, 1.54) is 38.4 Å². The summed E-state index contributed by atoms with van der Waals surface area (Å²) in [6.45, 7) is 8.14. The van der Waals surface area contributed by atoms with Crippen molar-refractivity contribution in [1.29, 1.82) is 0 Å². The smallest absolute Gasteiger partial charge is 0.141 e. The molecule has 0 unspecified atom stereocenters. The molecule has 0 bridgehead atoms. The van der Waals surface area contributed by atoms with Crippen LogP contribution in [0.25, 0.3) is 16.9 Å². The van der Waals surface area contributed by atoms with E-state index in [-0.39, 0.29) is 23.1 Å². The Morgan fingerprint density at radius 3 is 2.71 bits per heavy atom. The van der Waals surface area contributed by atoms with Crippen LogP contribution in [0.2, 0.25) is 5.02 Å². The molecular formula is C27H33ClFN3O2. The topological polar surface area (TPSA) is 46.8 Å². The van der Waals surface area contributed by atoms with E-state index in [4.69, 9.17) is 21.3 Å². The Labute approximate surface area is 205 Å². The van der Waals surface area contributed by atoms with E-state index in [1.807, 2.05) is 36.6 Å². The first-order valence-corrected chi connectivity index (χ1v) is 12.6. The summed E-state index contributed by atoms with van der Waals surface area (Å²) in [7, 11) is 0. The fourth-order valence-corrected chi connectivity index (χ4v) is 4.77. The monoisotopic (exact) mass is 485 g/mol. The van der Waals surface area contributed by atoms with Gasteiger partial charge < -0.3 is 14.0 Å². The Morgan fingerprint density at radius 1 is 1.18 bits per heavy atom. The molecule has 34 heavy (non-hydrogen) atoms. The van der Waals surface area contributed by atoms with Crippen molar-refractivity contribution in [3.63, 3.8) is 0 Å². The quantitative estimate of drug-likeness (QED) is 0.320. The molecule has 0 spiro atoms. The number of rotatable bonds is 10. The lowest BCUT2D eigenvalue weighted by molar-refractivity contribution is -0.119. The Kier molecular flexibility index (Phi) is 8.22. The number of fused-ring (bicyclic) bond motifs is 1. The molecule has 0 saturated carbocycles. The molecule has 1 saturated heterocycles. The summed E-state index contributed by atoms with van der Waals surface area (Å²) in [6, 6.07) is 8.35. The largest absolute Gasteiger partial charge is 0.493 e. The lowest BCUT2D eigenvalue weighted by atomic mass is 10.0. The molecule has 1 aliphatic rings. The number of imidazole rings is 1. The van der Waals surface area contributed by atoms with Gasteiger partial charge in [0, 0.05) is 37.2 Å². The van der Waals surface area contributed by atoms with Gasteiger partial charge in [0.05, 0.1) is 23.0 Å². The zero-order valence-corrected chi connectivity index (χ0v) is 20.8. The van der Waals surface area contributed by atoms with E-state index >= 15 is 0 Å². The van der Waals surface area contributed by atoms with Crippen LogP contribution in [-0.4, -0.2) is 46.3 Å². The SMILES string of the molecule is CC(C)CC(=O)Cc1c(-c2ccc(F)c(Cl)c2)nc2cc(OCCCN3CCCCC3)ccn12. The number of hydrogen-bond donors (Lipinski definition) is 0. The van der Waals surface area contributed by atoms with Crippen molar-refractivity contribution in [3.05, 3.63) is 53.1 Å². The summed E-state index contributed by atoms with van der Waals surface area (Å²) in [5, 5.41) is 0.0340. The van der Waals surface area contributed by atoms with Gasteiger partial charge in [-0.25, -0.2) is 9.37 Å². The van der Waals surface area contributed by atoms with E-state index < -0.39 is 5.82 Å². The van der Waals surface area contributed by atoms with Crippen LogP contribution < -0.4 is 4.74 Å². The van der Waals surface area contributed by atoms with Crippen LogP contribution in [0.3, 0.4) is 0 Å². The Morgan fingerprint density at radius 2 is 1.97 bits per heavy atom. The van der Waals surface area contributed by atoms with Crippen LogP contribution in [-0.2, 0) is 11.2 Å². The van der Waals surface area contributed by atoms with Crippen molar-refractivity contribution in [2.75, 3.05) is 26.2 Å². The molecule has 1 aromatic carbocycles. The van der Waals surface area contributed by atoms with Crippen LogP contribution in [0.1, 0.15) is 51.6 Å². The fraction of sp³-hybridized carbons (Fsp3) is 0.481. The van der Waals surface area contributed by atoms with Crippen LogP contribution in [0.4, 0.5) is 4.39 Å². The number of pyridine rings is 1. The fourth-order valence-electron chi connectivity index (χ4n) is 4.59. The normalized spacial score (nSPS) is 14.7. The van der Waals surface area contributed by atoms with E-state index in [0.717, 1.165) is 24.4 Å². The summed E-state index contributed by atoms with van der Waals surface area (Å²) in [5.41, 5.74) is 2.80. The minimum atomic E-state index is -0.480. The van der Waals surface area contributed by atoms with Gasteiger partial charge in [0.1, 0.15) is 23.0 Å². The van der Waals surface area contributed by atoms with Crippen LogP contribution >= 0.6 is 11.6 Å². The number of piperidine rings is 1. The molecule has 3 aromatic rings. The van der Waals surface area contributed by atoms with E-state index in [9.17, 15) is 9.18 Å². The van der Waals surface area contributed by atoms with Gasteiger partial charge in [0.15, 0.2) is 0 Å². The number of aromatic nitrogens is 2. The summed E-state index contributed by atoms with van der Waals surface area (Å²) in [6.07, 6.45) is 7.55. The highest BCUT2D eigenvalue weighted by atomic mass is 35.5. The number of carbonyl (C=O) groups is 1. The molecule has 1 aliphatic heterocycles. The molecule has 5 nitrogen and oxygen atoms in total. The van der Waals surface area contributed by atoms with Crippen molar-refractivity contribution >= 4 is 23.0 Å². The number of halogens is 2. The summed E-state index contributed by atoms with van der Waals surface area (Å²) in [5.74, 6) is 0.691. The number of carbonyl (C=O) groups excluding carboxylic acids is 1. The van der Waals surface area contributed by atoms with E-state index in [0.29, 0.717) is 29.9 Å². The van der Waals surface area contributed by atoms with Crippen molar-refractivity contribution in [3.8, 4) is 17.0 Å². The molecule has 7 heteroatoms. The number of ketones is 1. The second-order valence-electron chi connectivity index (χ2n) is 9.54. The summed E-state index contributed by atoms with van der Waals surface area (Å²) in [4.78, 5) is 20.0. The number of ether oxygens (including phenoxy) is 1. The van der Waals surface area contributed by atoms with Crippen molar-refractivity contribution in [2.24, 2.45) is 5.92 Å². The highest BCUT2D eigenvalue weighted by molar-refractivity contribution is 6.31. The lowest BCUT2D eigenvalue weighted by Gasteiger charge is -2.26. The minimum absolute atomic E-state index is 0.0340. The first kappa shape index (κ1) is 24.7. The maximum absolute atomic E-state index is 13.8. The highest BCUT2D eigenvalue weighted by Crippen LogP contribution is 2.30. The van der Waals surface area contributed by atoms with Gasteiger partial charge in [-0.05, 0) is 62.5 Å². The van der Waals surface area contributed by atoms with Gasteiger partial charge in [0.25, 0.3) is 0 Å². The second-order valence-corrected chi connectivity index (χ2v) is 9.95. The van der Waals surface area contributed by atoms with Gasteiger partial charge in [-0.2, -0.15) is 0 Å². The zero-order chi connectivity index (χ0) is 24.1. The van der Waals surface area contributed by atoms with Gasteiger partial charge in [-0.3, -0.25) is 4.79 Å². The van der Waals surface area contributed by atoms with Crippen molar-refractivity contribution in [1.82, 2.24) is 14.3 Å². The van der Waals surface area contributed by atoms with Crippen molar-refractivity contribution in [2.45, 2.75) is 52.4 Å². The Balaban J connectivity index is 1.54. The first-order chi connectivity index (χ1) is 16.4. The summed E-state index contributed by atoms with van der Waals surface area (Å²) >= 11 is 6.04. The number of nitrogens with zero attached hydrogens (tertiary/aromatic N) is 3. The first-order valence-electron chi connectivity index (χ1n) is 12.2. The molecule has 0 radical (unpaired) electrons. The average Bonchev–Trinajstić information content (AvgIpc) is 3.16. The lowest BCUT2D eigenvalue weighted by Crippen LogP contribution is -2.31. The van der Waals surface area contributed by atoms with Gasteiger partial charge in [0.2, 0.25) is 0 Å². The molecule has 0 amide bonds. The maximum atomic E-state index is 13.8. The van der Waals surface area contributed by atoms with Crippen LogP contribution in [0.5, 0.6) is 5.75 Å². The van der Waals surface area contributed by atoms with Crippen LogP contribution in [0.15, 0.2) is 36.5 Å². The molecular weight excluding hydrogens is 453 g/mol. The molecule has 0 N–H and O–H groups in total.